The van der Waals surface area contributed by atoms with E-state index in [-0.39, 0.29) is 6.10 Å². The van der Waals surface area contributed by atoms with Gasteiger partial charge in [-0.3, -0.25) is 0 Å². The van der Waals surface area contributed by atoms with Crippen molar-refractivity contribution in [1.29, 1.82) is 0 Å². The average molecular weight is 393 g/mol. The standard InChI is InChI=1S/C24H24OS2/c1-4-10-19(11-5-1)18-23-22(16-17-25-23)24(26-20-12-6-2-7-13-20)27-21-14-8-3-9-15-21/h1-15,22-24H,16-18H2. The van der Waals surface area contributed by atoms with Gasteiger partial charge in [0.1, 0.15) is 0 Å². The summed E-state index contributed by atoms with van der Waals surface area (Å²) in [7, 11) is 0. The van der Waals surface area contributed by atoms with E-state index in [4.69, 9.17) is 4.74 Å². The zero-order valence-electron chi connectivity index (χ0n) is 15.2. The fourth-order valence-corrected chi connectivity index (χ4v) is 6.49. The summed E-state index contributed by atoms with van der Waals surface area (Å²) in [5, 5.41) is 0. The molecule has 4 rings (SSSR count). The van der Waals surface area contributed by atoms with Crippen molar-refractivity contribution >= 4 is 23.5 Å². The van der Waals surface area contributed by atoms with E-state index in [0.29, 0.717) is 10.5 Å². The van der Waals surface area contributed by atoms with E-state index in [2.05, 4.69) is 91.0 Å². The molecule has 0 radical (unpaired) electrons. The van der Waals surface area contributed by atoms with Gasteiger partial charge in [0, 0.05) is 22.3 Å². The molecule has 0 aromatic heterocycles. The Hall–Kier alpha value is -1.68. The molecule has 1 nitrogen and oxygen atoms in total. The Morgan fingerprint density at radius 1 is 0.741 bits per heavy atom. The highest BCUT2D eigenvalue weighted by Crippen LogP contribution is 2.45. The van der Waals surface area contributed by atoms with E-state index in [1.54, 1.807) is 0 Å². The molecule has 2 unspecified atom stereocenters. The molecule has 1 saturated heterocycles. The predicted octanol–water partition coefficient (Wildman–Crippen LogP) is 6.54. The van der Waals surface area contributed by atoms with Crippen LogP contribution in [0.4, 0.5) is 0 Å². The second kappa shape index (κ2) is 9.50. The molecule has 1 aliphatic heterocycles. The van der Waals surface area contributed by atoms with Crippen LogP contribution in [0.5, 0.6) is 0 Å². The Kier molecular flexibility index (Phi) is 6.57. The van der Waals surface area contributed by atoms with Crippen LogP contribution in [0.3, 0.4) is 0 Å². The minimum Gasteiger partial charge on any atom is -0.377 e. The van der Waals surface area contributed by atoms with E-state index in [1.165, 1.54) is 15.4 Å². The third kappa shape index (κ3) is 5.19. The van der Waals surface area contributed by atoms with Crippen LogP contribution in [0.25, 0.3) is 0 Å². The first-order valence-electron chi connectivity index (χ1n) is 9.47. The molecule has 1 aliphatic rings. The summed E-state index contributed by atoms with van der Waals surface area (Å²) in [6.45, 7) is 0.864. The van der Waals surface area contributed by atoms with Gasteiger partial charge in [0.2, 0.25) is 0 Å². The zero-order chi connectivity index (χ0) is 18.3. The predicted molar refractivity (Wildman–Crippen MR) is 116 cm³/mol. The molecule has 1 fully saturated rings. The molecule has 3 aromatic rings. The molecule has 0 spiro atoms. The SMILES string of the molecule is c1ccc(CC2OCCC2C(Sc2ccccc2)Sc2ccccc2)cc1. The molecule has 3 aromatic carbocycles. The molecule has 0 aliphatic carbocycles. The van der Waals surface area contributed by atoms with Crippen molar-refractivity contribution in [3.8, 4) is 0 Å². The van der Waals surface area contributed by atoms with Crippen molar-refractivity contribution < 1.29 is 4.74 Å². The Morgan fingerprint density at radius 3 is 1.81 bits per heavy atom. The molecule has 27 heavy (non-hydrogen) atoms. The van der Waals surface area contributed by atoms with Gasteiger partial charge in [-0.2, -0.15) is 0 Å². The topological polar surface area (TPSA) is 9.23 Å². The highest BCUT2D eigenvalue weighted by atomic mass is 32.2. The maximum Gasteiger partial charge on any atom is 0.0663 e. The largest absolute Gasteiger partial charge is 0.377 e. The summed E-state index contributed by atoms with van der Waals surface area (Å²) in [4.78, 5) is 2.66. The fourth-order valence-electron chi connectivity index (χ4n) is 3.50. The number of rotatable bonds is 7. The summed E-state index contributed by atoms with van der Waals surface area (Å²) in [6, 6.07) is 32.3. The number of thioether (sulfide) groups is 2. The van der Waals surface area contributed by atoms with Crippen LogP contribution in [-0.4, -0.2) is 17.3 Å². The Bertz CT molecular complexity index is 766. The molecule has 0 saturated carbocycles. The summed E-state index contributed by atoms with van der Waals surface area (Å²) in [5.41, 5.74) is 1.36. The number of hydrogen-bond acceptors (Lipinski definition) is 3. The first-order valence-corrected chi connectivity index (χ1v) is 11.2. The number of ether oxygens (including phenoxy) is 1. The Labute approximate surface area is 170 Å². The summed E-state index contributed by atoms with van der Waals surface area (Å²) < 4.78 is 6.64. The molecular weight excluding hydrogens is 368 g/mol. The molecule has 1 heterocycles. The first-order chi connectivity index (χ1) is 13.4. The fraction of sp³-hybridized carbons (Fsp3) is 0.250. The number of hydrogen-bond donors (Lipinski definition) is 0. The van der Waals surface area contributed by atoms with Gasteiger partial charge >= 0.3 is 0 Å². The van der Waals surface area contributed by atoms with Crippen LogP contribution in [0.15, 0.2) is 101 Å². The van der Waals surface area contributed by atoms with Crippen molar-refractivity contribution in [1.82, 2.24) is 0 Å². The minimum absolute atomic E-state index is 0.282. The summed E-state index contributed by atoms with van der Waals surface area (Å²) in [5.74, 6) is 0.528. The van der Waals surface area contributed by atoms with Crippen molar-refractivity contribution in [3.63, 3.8) is 0 Å². The van der Waals surface area contributed by atoms with Gasteiger partial charge in [-0.1, -0.05) is 66.7 Å². The van der Waals surface area contributed by atoms with Crippen LogP contribution in [0.2, 0.25) is 0 Å². The lowest BCUT2D eigenvalue weighted by Crippen LogP contribution is -2.26. The van der Waals surface area contributed by atoms with E-state index < -0.39 is 0 Å². The van der Waals surface area contributed by atoms with E-state index >= 15 is 0 Å². The normalized spacial score (nSPS) is 19.4. The van der Waals surface area contributed by atoms with Crippen LogP contribution in [0.1, 0.15) is 12.0 Å². The van der Waals surface area contributed by atoms with Gasteiger partial charge in [-0.25, -0.2) is 0 Å². The maximum absolute atomic E-state index is 6.20. The van der Waals surface area contributed by atoms with Crippen molar-refractivity contribution in [2.45, 2.75) is 33.3 Å². The molecule has 3 heteroatoms. The van der Waals surface area contributed by atoms with E-state index in [0.717, 1.165) is 19.4 Å². The average Bonchev–Trinajstić information content (AvgIpc) is 3.18. The van der Waals surface area contributed by atoms with E-state index in [1.807, 2.05) is 23.5 Å². The lowest BCUT2D eigenvalue weighted by molar-refractivity contribution is 0.0940. The molecule has 0 N–H and O–H groups in total. The molecule has 0 amide bonds. The van der Waals surface area contributed by atoms with Gasteiger partial charge in [0.15, 0.2) is 0 Å². The van der Waals surface area contributed by atoms with Crippen LogP contribution < -0.4 is 0 Å². The molecule has 0 bridgehead atoms. The van der Waals surface area contributed by atoms with Gasteiger partial charge in [0.05, 0.1) is 10.7 Å². The van der Waals surface area contributed by atoms with E-state index in [9.17, 15) is 0 Å². The van der Waals surface area contributed by atoms with Gasteiger partial charge in [-0.15, -0.1) is 23.5 Å². The summed E-state index contributed by atoms with van der Waals surface area (Å²) in [6.07, 6.45) is 2.40. The van der Waals surface area contributed by atoms with Gasteiger partial charge in [0.25, 0.3) is 0 Å². The minimum atomic E-state index is 0.282. The molecule has 138 valence electrons. The van der Waals surface area contributed by atoms with Crippen molar-refractivity contribution in [2.75, 3.05) is 6.61 Å². The first kappa shape index (κ1) is 18.7. The second-order valence-corrected chi connectivity index (χ2v) is 9.51. The van der Waals surface area contributed by atoms with Crippen LogP contribution in [-0.2, 0) is 11.2 Å². The smallest absolute Gasteiger partial charge is 0.0663 e. The lowest BCUT2D eigenvalue weighted by Gasteiger charge is -2.27. The van der Waals surface area contributed by atoms with Crippen molar-refractivity contribution in [3.05, 3.63) is 96.6 Å². The third-order valence-corrected chi connectivity index (χ3v) is 7.71. The maximum atomic E-state index is 6.20. The Balaban J connectivity index is 1.54. The monoisotopic (exact) mass is 392 g/mol. The second-order valence-electron chi connectivity index (χ2n) is 6.78. The quantitative estimate of drug-likeness (QED) is 0.333. The van der Waals surface area contributed by atoms with Crippen molar-refractivity contribution in [2.24, 2.45) is 5.92 Å². The highest BCUT2D eigenvalue weighted by Gasteiger charge is 2.36. The molecular formula is C24H24OS2. The number of benzene rings is 3. The van der Waals surface area contributed by atoms with Gasteiger partial charge in [-0.05, 0) is 42.7 Å². The molecule has 2 atom stereocenters. The summed E-state index contributed by atoms with van der Waals surface area (Å²) >= 11 is 3.96. The van der Waals surface area contributed by atoms with Crippen LogP contribution in [0, 0.1) is 5.92 Å². The Morgan fingerprint density at radius 2 is 1.26 bits per heavy atom. The highest BCUT2D eigenvalue weighted by molar-refractivity contribution is 8.17. The van der Waals surface area contributed by atoms with Crippen LogP contribution >= 0.6 is 23.5 Å². The van der Waals surface area contributed by atoms with Gasteiger partial charge < -0.3 is 4.74 Å². The third-order valence-electron chi connectivity index (χ3n) is 4.88. The zero-order valence-corrected chi connectivity index (χ0v) is 16.9. The lowest BCUT2D eigenvalue weighted by atomic mass is 9.97.